The maximum Gasteiger partial charge on any atom is 0.0548 e. The third kappa shape index (κ3) is 3.72. The molecule has 53 heavy (non-hydrogen) atoms. The normalized spacial score (nSPS) is 13.6. The van der Waals surface area contributed by atoms with E-state index in [-0.39, 0.29) is 5.41 Å². The maximum absolute atomic E-state index is 2.48. The molecule has 11 aromatic rings. The van der Waals surface area contributed by atoms with E-state index in [4.69, 9.17) is 0 Å². The van der Waals surface area contributed by atoms with Crippen LogP contribution in [0.5, 0.6) is 0 Å². The maximum atomic E-state index is 2.48. The van der Waals surface area contributed by atoms with Gasteiger partial charge in [-0.1, -0.05) is 135 Å². The Hall–Kier alpha value is -6.64. The molecule has 2 nitrogen and oxygen atoms in total. The van der Waals surface area contributed by atoms with Gasteiger partial charge in [-0.3, -0.25) is 0 Å². The summed E-state index contributed by atoms with van der Waals surface area (Å²) in [5.41, 5.74) is 12.7. The van der Waals surface area contributed by atoms with Crippen LogP contribution in [0.15, 0.2) is 170 Å². The Morgan fingerprint density at radius 1 is 0.321 bits per heavy atom. The summed E-state index contributed by atoms with van der Waals surface area (Å²) in [5.74, 6) is 0. The van der Waals surface area contributed by atoms with Gasteiger partial charge in [0.05, 0.1) is 22.1 Å². The highest BCUT2D eigenvalue weighted by Crippen LogP contribution is 2.50. The van der Waals surface area contributed by atoms with Crippen LogP contribution in [0.1, 0.15) is 25.0 Å². The van der Waals surface area contributed by atoms with Gasteiger partial charge in [-0.2, -0.15) is 0 Å². The van der Waals surface area contributed by atoms with Crippen molar-refractivity contribution >= 4 is 75.9 Å². The quantitative estimate of drug-likeness (QED) is 0.162. The number of hydrogen-bond acceptors (Lipinski definition) is 0. The summed E-state index contributed by atoms with van der Waals surface area (Å²) < 4.78 is 4.96. The van der Waals surface area contributed by atoms with Crippen LogP contribution in [0.2, 0.25) is 0 Å². The van der Waals surface area contributed by atoms with Gasteiger partial charge in [0.2, 0.25) is 0 Å². The third-order valence-electron chi connectivity index (χ3n) is 12.3. The lowest BCUT2D eigenvalue weighted by molar-refractivity contribution is 0.660. The molecule has 0 atom stereocenters. The zero-order valence-corrected chi connectivity index (χ0v) is 29.6. The molecule has 2 aromatic heterocycles. The molecule has 0 spiro atoms. The van der Waals surface area contributed by atoms with E-state index in [1.54, 1.807) is 0 Å². The number of para-hydroxylation sites is 2. The molecular weight excluding hydrogens is 641 g/mol. The molecule has 2 heterocycles. The molecular formula is C51H34N2. The first-order chi connectivity index (χ1) is 26.1. The summed E-state index contributed by atoms with van der Waals surface area (Å²) in [6, 6.07) is 63.3. The van der Waals surface area contributed by atoms with E-state index in [0.29, 0.717) is 0 Å². The van der Waals surface area contributed by atoms with Gasteiger partial charge in [-0.25, -0.2) is 0 Å². The summed E-state index contributed by atoms with van der Waals surface area (Å²) in [5, 5.41) is 12.9. The zero-order chi connectivity index (χ0) is 35.0. The third-order valence-corrected chi connectivity index (χ3v) is 12.3. The van der Waals surface area contributed by atoms with E-state index in [9.17, 15) is 0 Å². The average molecular weight is 675 g/mol. The molecule has 0 radical (unpaired) electrons. The van der Waals surface area contributed by atoms with Crippen molar-refractivity contribution < 1.29 is 0 Å². The molecule has 0 amide bonds. The van der Waals surface area contributed by atoms with Crippen molar-refractivity contribution in [1.29, 1.82) is 0 Å². The highest BCUT2D eigenvalue weighted by Gasteiger charge is 2.35. The number of hydrogen-bond donors (Lipinski definition) is 0. The number of fused-ring (bicyclic) bond motifs is 16. The SMILES string of the molecule is CC1(C)c2ccccc2-c2cc(-n3c4ccccc4c4c5c6ccccc6n(-c6ccc7c8ccccc8c8ccccc8c7c6)c5ccc43)ccc21. The summed E-state index contributed by atoms with van der Waals surface area (Å²) in [4.78, 5) is 0. The monoisotopic (exact) mass is 674 g/mol. The van der Waals surface area contributed by atoms with Gasteiger partial charge in [-0.15, -0.1) is 0 Å². The topological polar surface area (TPSA) is 9.86 Å². The zero-order valence-electron chi connectivity index (χ0n) is 29.6. The van der Waals surface area contributed by atoms with Crippen LogP contribution < -0.4 is 0 Å². The summed E-state index contributed by atoms with van der Waals surface area (Å²) >= 11 is 0. The second kappa shape index (κ2) is 10.2. The molecule has 12 rings (SSSR count). The largest absolute Gasteiger partial charge is 0.309 e. The van der Waals surface area contributed by atoms with Crippen LogP contribution >= 0.6 is 0 Å². The van der Waals surface area contributed by atoms with Crippen LogP contribution in [-0.2, 0) is 5.41 Å². The Bertz CT molecular complexity index is 3330. The van der Waals surface area contributed by atoms with Crippen LogP contribution in [0.4, 0.5) is 0 Å². The van der Waals surface area contributed by atoms with E-state index >= 15 is 0 Å². The van der Waals surface area contributed by atoms with Gasteiger partial charge >= 0.3 is 0 Å². The van der Waals surface area contributed by atoms with Gasteiger partial charge in [0.15, 0.2) is 0 Å². The molecule has 0 fully saturated rings. The van der Waals surface area contributed by atoms with Crippen molar-refractivity contribution in [3.8, 4) is 22.5 Å². The molecule has 2 heteroatoms. The molecule has 0 bridgehead atoms. The first-order valence-electron chi connectivity index (χ1n) is 18.6. The van der Waals surface area contributed by atoms with E-state index < -0.39 is 0 Å². The Labute approximate surface area is 306 Å². The summed E-state index contributed by atoms with van der Waals surface area (Å²) in [6.07, 6.45) is 0. The molecule has 1 aliphatic rings. The fourth-order valence-electron chi connectivity index (χ4n) is 9.96. The van der Waals surface area contributed by atoms with Crippen LogP contribution in [0, 0.1) is 0 Å². The van der Waals surface area contributed by atoms with Crippen molar-refractivity contribution in [1.82, 2.24) is 9.13 Å². The minimum atomic E-state index is -0.0264. The smallest absolute Gasteiger partial charge is 0.0548 e. The lowest BCUT2D eigenvalue weighted by Gasteiger charge is -2.21. The highest BCUT2D eigenvalue weighted by molar-refractivity contribution is 6.29. The van der Waals surface area contributed by atoms with Gasteiger partial charge in [0.25, 0.3) is 0 Å². The molecule has 0 unspecified atom stereocenters. The standard InChI is InChI=1S/C51H34N2/c1-51(2)43-20-10-7-17-38(43)42-30-32(24-26-44(42)51)53-46-22-12-9-19-40(46)50-48(53)28-27-47-49(50)39-18-8-11-21-45(39)52(47)31-23-25-37-35-15-4-3-13-33(35)34-14-5-6-16-36(34)41(37)29-31/h3-30H,1-2H3. The minimum absolute atomic E-state index is 0.0264. The van der Waals surface area contributed by atoms with Crippen molar-refractivity contribution in [3.63, 3.8) is 0 Å². The Morgan fingerprint density at radius 2 is 0.755 bits per heavy atom. The van der Waals surface area contributed by atoms with Crippen molar-refractivity contribution in [3.05, 3.63) is 181 Å². The molecule has 0 saturated heterocycles. The first-order valence-corrected chi connectivity index (χ1v) is 18.6. The summed E-state index contributed by atoms with van der Waals surface area (Å²) in [6.45, 7) is 4.70. The van der Waals surface area contributed by atoms with E-state index in [1.165, 1.54) is 110 Å². The Kier molecular flexibility index (Phi) is 5.60. The molecule has 9 aromatic carbocycles. The lowest BCUT2D eigenvalue weighted by atomic mass is 9.82. The molecule has 1 aliphatic carbocycles. The summed E-state index contributed by atoms with van der Waals surface area (Å²) in [7, 11) is 0. The number of benzene rings is 9. The predicted octanol–water partition coefficient (Wildman–Crippen LogP) is 13.6. The fraction of sp³-hybridized carbons (Fsp3) is 0.0588. The van der Waals surface area contributed by atoms with E-state index in [1.807, 2.05) is 0 Å². The number of nitrogens with zero attached hydrogens (tertiary/aromatic N) is 2. The predicted molar refractivity (Wildman–Crippen MR) is 225 cm³/mol. The highest BCUT2D eigenvalue weighted by atomic mass is 15.0. The molecule has 0 saturated carbocycles. The van der Waals surface area contributed by atoms with Crippen molar-refractivity contribution in [2.24, 2.45) is 0 Å². The van der Waals surface area contributed by atoms with Crippen LogP contribution in [-0.4, -0.2) is 9.13 Å². The van der Waals surface area contributed by atoms with Crippen LogP contribution in [0.25, 0.3) is 98.4 Å². The van der Waals surface area contributed by atoms with E-state index in [0.717, 1.165) is 0 Å². The van der Waals surface area contributed by atoms with Gasteiger partial charge in [-0.05, 0) is 103 Å². The molecule has 0 aliphatic heterocycles. The van der Waals surface area contributed by atoms with Crippen molar-refractivity contribution in [2.75, 3.05) is 0 Å². The Morgan fingerprint density at radius 3 is 1.36 bits per heavy atom. The second-order valence-corrected chi connectivity index (χ2v) is 15.3. The minimum Gasteiger partial charge on any atom is -0.309 e. The number of aromatic nitrogens is 2. The number of rotatable bonds is 2. The molecule has 248 valence electrons. The van der Waals surface area contributed by atoms with Gasteiger partial charge < -0.3 is 9.13 Å². The fourth-order valence-corrected chi connectivity index (χ4v) is 9.96. The first kappa shape index (κ1) is 29.0. The Balaban J connectivity index is 1.16. The van der Waals surface area contributed by atoms with Gasteiger partial charge in [0.1, 0.15) is 0 Å². The van der Waals surface area contributed by atoms with Crippen LogP contribution in [0.3, 0.4) is 0 Å². The molecule has 0 N–H and O–H groups in total. The van der Waals surface area contributed by atoms with Crippen molar-refractivity contribution in [2.45, 2.75) is 19.3 Å². The van der Waals surface area contributed by atoms with E-state index in [2.05, 4.69) is 193 Å². The lowest BCUT2D eigenvalue weighted by Crippen LogP contribution is -2.14. The van der Waals surface area contributed by atoms with Gasteiger partial charge in [0, 0.05) is 38.3 Å². The average Bonchev–Trinajstić information content (AvgIpc) is 3.81. The second-order valence-electron chi connectivity index (χ2n) is 15.3.